The Labute approximate surface area is 146 Å². The lowest BCUT2D eigenvalue weighted by molar-refractivity contribution is -0.112. The number of aryl methyl sites for hydroxylation is 1. The lowest BCUT2D eigenvalue weighted by atomic mass is 10.1. The highest BCUT2D eigenvalue weighted by Crippen LogP contribution is 2.24. The molecular weight excluding hydrogens is 324 g/mol. The van der Waals surface area contributed by atoms with E-state index in [4.69, 9.17) is 16.3 Å². The largest absolute Gasteiger partial charge is 0.496 e. The van der Waals surface area contributed by atoms with Gasteiger partial charge in [-0.3, -0.25) is 4.79 Å². The molecular formula is C19H17ClN2O2. The van der Waals surface area contributed by atoms with Crippen molar-refractivity contribution in [1.82, 2.24) is 0 Å². The number of nitrogens with one attached hydrogen (secondary N) is 1. The molecule has 2 rings (SSSR count). The van der Waals surface area contributed by atoms with Gasteiger partial charge in [0.25, 0.3) is 5.91 Å². The minimum Gasteiger partial charge on any atom is -0.496 e. The zero-order valence-electron chi connectivity index (χ0n) is 13.7. The molecule has 0 bridgehead atoms. The van der Waals surface area contributed by atoms with Crippen molar-refractivity contribution in [3.63, 3.8) is 0 Å². The molecule has 0 saturated heterocycles. The van der Waals surface area contributed by atoms with Crippen molar-refractivity contribution in [2.24, 2.45) is 0 Å². The van der Waals surface area contributed by atoms with Crippen molar-refractivity contribution in [1.29, 1.82) is 5.26 Å². The molecule has 0 fully saturated rings. The smallest absolute Gasteiger partial charge is 0.266 e. The summed E-state index contributed by atoms with van der Waals surface area (Å²) in [5, 5.41) is 12.6. The Hall–Kier alpha value is -2.77. The molecule has 122 valence electrons. The summed E-state index contributed by atoms with van der Waals surface area (Å²) < 4.78 is 5.26. The number of hydrogen-bond donors (Lipinski definition) is 1. The predicted molar refractivity (Wildman–Crippen MR) is 96.1 cm³/mol. The molecule has 0 unspecified atom stereocenters. The third-order valence-corrected chi connectivity index (χ3v) is 4.03. The highest BCUT2D eigenvalue weighted by Gasteiger charge is 2.12. The standard InChI is InChI=1S/C19H17ClN2O2/c1-12-7-8-14(10-18(12)24-3)9-15(11-21)19(23)22-17-6-4-5-16(20)13(17)2/h4-10H,1-3H3,(H,22,23). The molecule has 0 aromatic heterocycles. The maximum Gasteiger partial charge on any atom is 0.266 e. The van der Waals surface area contributed by atoms with E-state index in [0.717, 1.165) is 11.1 Å². The summed E-state index contributed by atoms with van der Waals surface area (Å²) in [5.74, 6) is 0.217. The minimum atomic E-state index is -0.484. The second kappa shape index (κ2) is 7.67. The van der Waals surface area contributed by atoms with Crippen molar-refractivity contribution in [3.05, 3.63) is 63.7 Å². The summed E-state index contributed by atoms with van der Waals surface area (Å²) in [7, 11) is 1.58. The molecule has 4 nitrogen and oxygen atoms in total. The van der Waals surface area contributed by atoms with Crippen LogP contribution in [0.25, 0.3) is 6.08 Å². The van der Waals surface area contributed by atoms with E-state index >= 15 is 0 Å². The van der Waals surface area contributed by atoms with E-state index in [1.807, 2.05) is 25.1 Å². The molecule has 0 radical (unpaired) electrons. The van der Waals surface area contributed by atoms with E-state index in [9.17, 15) is 10.1 Å². The van der Waals surface area contributed by atoms with Crippen molar-refractivity contribution >= 4 is 29.3 Å². The second-order valence-electron chi connectivity index (χ2n) is 5.27. The number of carbonyl (C=O) groups is 1. The molecule has 0 aliphatic heterocycles. The first kappa shape index (κ1) is 17.6. The highest BCUT2D eigenvalue weighted by molar-refractivity contribution is 6.31. The van der Waals surface area contributed by atoms with E-state index in [1.165, 1.54) is 6.08 Å². The molecule has 2 aromatic carbocycles. The van der Waals surface area contributed by atoms with Crippen LogP contribution in [0.3, 0.4) is 0 Å². The first-order valence-corrected chi connectivity index (χ1v) is 7.67. The average molecular weight is 341 g/mol. The molecule has 0 saturated carbocycles. The number of ether oxygens (including phenoxy) is 1. The summed E-state index contributed by atoms with van der Waals surface area (Å²) in [5.41, 5.74) is 3.02. The summed E-state index contributed by atoms with van der Waals surface area (Å²) in [6.45, 7) is 3.73. The lowest BCUT2D eigenvalue weighted by Gasteiger charge is -2.09. The fourth-order valence-electron chi connectivity index (χ4n) is 2.17. The van der Waals surface area contributed by atoms with Gasteiger partial charge in [0.15, 0.2) is 0 Å². The third kappa shape index (κ3) is 3.95. The van der Waals surface area contributed by atoms with Crippen LogP contribution in [0.4, 0.5) is 5.69 Å². The Bertz CT molecular complexity index is 851. The Morgan fingerprint density at radius 1 is 1.29 bits per heavy atom. The van der Waals surface area contributed by atoms with Crippen molar-refractivity contribution in [3.8, 4) is 11.8 Å². The lowest BCUT2D eigenvalue weighted by Crippen LogP contribution is -2.14. The maximum absolute atomic E-state index is 12.4. The summed E-state index contributed by atoms with van der Waals surface area (Å²) in [6, 6.07) is 12.6. The van der Waals surface area contributed by atoms with Crippen LogP contribution in [0, 0.1) is 25.2 Å². The number of benzene rings is 2. The first-order valence-electron chi connectivity index (χ1n) is 7.29. The Morgan fingerprint density at radius 2 is 2.04 bits per heavy atom. The Morgan fingerprint density at radius 3 is 2.71 bits per heavy atom. The zero-order valence-corrected chi connectivity index (χ0v) is 14.4. The molecule has 5 heteroatoms. The topological polar surface area (TPSA) is 62.1 Å². The molecule has 24 heavy (non-hydrogen) atoms. The fraction of sp³-hybridized carbons (Fsp3) is 0.158. The molecule has 0 aliphatic carbocycles. The number of amides is 1. The van der Waals surface area contributed by atoms with Gasteiger partial charge in [0.1, 0.15) is 17.4 Å². The molecule has 0 atom stereocenters. The van der Waals surface area contributed by atoms with Gasteiger partial charge in [-0.15, -0.1) is 0 Å². The SMILES string of the molecule is COc1cc(C=C(C#N)C(=O)Nc2cccc(Cl)c2C)ccc1C. The number of nitrogens with zero attached hydrogens (tertiary/aromatic N) is 1. The van der Waals surface area contributed by atoms with Crippen LogP contribution in [0.15, 0.2) is 42.0 Å². The second-order valence-corrected chi connectivity index (χ2v) is 5.67. The number of anilines is 1. The van der Waals surface area contributed by atoms with Crippen LogP contribution in [-0.4, -0.2) is 13.0 Å². The van der Waals surface area contributed by atoms with Crippen molar-refractivity contribution in [2.75, 3.05) is 12.4 Å². The van der Waals surface area contributed by atoms with Gasteiger partial charge < -0.3 is 10.1 Å². The summed E-state index contributed by atoms with van der Waals surface area (Å²) >= 11 is 6.04. The predicted octanol–water partition coefficient (Wildman–Crippen LogP) is 4.51. The Balaban J connectivity index is 2.29. The monoisotopic (exact) mass is 340 g/mol. The minimum absolute atomic E-state index is 0.000261. The summed E-state index contributed by atoms with van der Waals surface area (Å²) in [6.07, 6.45) is 1.52. The van der Waals surface area contributed by atoms with E-state index in [2.05, 4.69) is 5.32 Å². The molecule has 0 spiro atoms. The van der Waals surface area contributed by atoms with Gasteiger partial charge in [0.05, 0.1) is 7.11 Å². The molecule has 1 amide bonds. The van der Waals surface area contributed by atoms with Crippen molar-refractivity contribution < 1.29 is 9.53 Å². The van der Waals surface area contributed by atoms with E-state index < -0.39 is 5.91 Å². The van der Waals surface area contributed by atoms with Crippen LogP contribution in [0.1, 0.15) is 16.7 Å². The van der Waals surface area contributed by atoms with E-state index in [1.54, 1.807) is 38.3 Å². The molecule has 2 aromatic rings. The number of methoxy groups -OCH3 is 1. The van der Waals surface area contributed by atoms with Gasteiger partial charge in [0, 0.05) is 10.7 Å². The van der Waals surface area contributed by atoms with Gasteiger partial charge in [-0.05, 0) is 54.8 Å². The number of carbonyl (C=O) groups excluding carboxylic acids is 1. The quantitative estimate of drug-likeness (QED) is 0.658. The van der Waals surface area contributed by atoms with Gasteiger partial charge >= 0.3 is 0 Å². The first-order chi connectivity index (χ1) is 11.5. The van der Waals surface area contributed by atoms with Crippen LogP contribution >= 0.6 is 11.6 Å². The molecule has 1 N–H and O–H groups in total. The van der Waals surface area contributed by atoms with Crippen LogP contribution < -0.4 is 10.1 Å². The molecule has 0 aliphatic rings. The van der Waals surface area contributed by atoms with Gasteiger partial charge in [-0.1, -0.05) is 29.8 Å². The van der Waals surface area contributed by atoms with Gasteiger partial charge in [-0.2, -0.15) is 5.26 Å². The van der Waals surface area contributed by atoms with Crippen LogP contribution in [0.5, 0.6) is 5.75 Å². The maximum atomic E-state index is 12.4. The van der Waals surface area contributed by atoms with Crippen LogP contribution in [-0.2, 0) is 4.79 Å². The molecule has 0 heterocycles. The van der Waals surface area contributed by atoms with Crippen LogP contribution in [0.2, 0.25) is 5.02 Å². The van der Waals surface area contributed by atoms with E-state index in [-0.39, 0.29) is 5.57 Å². The van der Waals surface area contributed by atoms with Crippen molar-refractivity contribution in [2.45, 2.75) is 13.8 Å². The zero-order chi connectivity index (χ0) is 17.7. The summed E-state index contributed by atoms with van der Waals surface area (Å²) in [4.78, 5) is 12.4. The number of rotatable bonds is 4. The number of hydrogen-bond acceptors (Lipinski definition) is 3. The normalized spacial score (nSPS) is 10.9. The third-order valence-electron chi connectivity index (χ3n) is 3.62. The van der Waals surface area contributed by atoms with E-state index in [0.29, 0.717) is 22.0 Å². The number of halogens is 1. The average Bonchev–Trinajstić information content (AvgIpc) is 2.58. The highest BCUT2D eigenvalue weighted by atomic mass is 35.5. The fourth-order valence-corrected chi connectivity index (χ4v) is 2.35. The van der Waals surface area contributed by atoms with Gasteiger partial charge in [0.2, 0.25) is 0 Å². The van der Waals surface area contributed by atoms with Gasteiger partial charge in [-0.25, -0.2) is 0 Å². The number of nitriles is 1. The Kier molecular flexibility index (Phi) is 5.62.